The molecule has 4 heteroatoms. The van der Waals surface area contributed by atoms with E-state index in [9.17, 15) is 4.79 Å². The van der Waals surface area contributed by atoms with Crippen LogP contribution in [0.1, 0.15) is 19.3 Å². The van der Waals surface area contributed by atoms with Crippen molar-refractivity contribution in [3.8, 4) is 0 Å². The van der Waals surface area contributed by atoms with Crippen molar-refractivity contribution in [3.05, 3.63) is 0 Å². The third kappa shape index (κ3) is 2.18. The Morgan fingerprint density at radius 1 is 1.29 bits per heavy atom. The number of likely N-dealkylation sites (tertiary alicyclic amines) is 2. The van der Waals surface area contributed by atoms with Gasteiger partial charge in [-0.1, -0.05) is 0 Å². The molecule has 80 valence electrons. The van der Waals surface area contributed by atoms with Crippen molar-refractivity contribution in [1.29, 1.82) is 0 Å². The van der Waals surface area contributed by atoms with Crippen LogP contribution in [0, 0.1) is 5.92 Å². The summed E-state index contributed by atoms with van der Waals surface area (Å²) in [5, 5.41) is 8.80. The van der Waals surface area contributed by atoms with Gasteiger partial charge in [0.1, 0.15) is 0 Å². The van der Waals surface area contributed by atoms with Gasteiger partial charge in [-0.2, -0.15) is 0 Å². The predicted octanol–water partition coefficient (Wildman–Crippen LogP) is 1.08. The van der Waals surface area contributed by atoms with Gasteiger partial charge in [-0.15, -0.1) is 0 Å². The molecule has 0 bridgehead atoms. The first-order valence-corrected chi connectivity index (χ1v) is 5.46. The van der Waals surface area contributed by atoms with E-state index in [-0.39, 0.29) is 0 Å². The zero-order valence-corrected chi connectivity index (χ0v) is 8.48. The molecule has 2 saturated heterocycles. The SMILES string of the molecule is O=C(O)N1CCC(CN2CCCC2)C1. The molecule has 4 nitrogen and oxygen atoms in total. The van der Waals surface area contributed by atoms with E-state index in [1.807, 2.05) is 0 Å². The topological polar surface area (TPSA) is 43.8 Å². The van der Waals surface area contributed by atoms with Crippen LogP contribution in [0.5, 0.6) is 0 Å². The summed E-state index contributed by atoms with van der Waals surface area (Å²) in [6.45, 7) is 5.00. The van der Waals surface area contributed by atoms with Crippen molar-refractivity contribution in [2.24, 2.45) is 5.92 Å². The summed E-state index contributed by atoms with van der Waals surface area (Å²) < 4.78 is 0. The molecule has 0 aromatic carbocycles. The van der Waals surface area contributed by atoms with Crippen LogP contribution >= 0.6 is 0 Å². The van der Waals surface area contributed by atoms with E-state index in [1.54, 1.807) is 4.90 Å². The predicted molar refractivity (Wildman–Crippen MR) is 53.4 cm³/mol. The van der Waals surface area contributed by atoms with Crippen molar-refractivity contribution in [3.63, 3.8) is 0 Å². The maximum Gasteiger partial charge on any atom is 0.407 e. The smallest absolute Gasteiger partial charge is 0.407 e. The maximum atomic E-state index is 10.7. The van der Waals surface area contributed by atoms with Crippen LogP contribution in [0.25, 0.3) is 0 Å². The van der Waals surface area contributed by atoms with Crippen molar-refractivity contribution >= 4 is 6.09 Å². The largest absolute Gasteiger partial charge is 0.465 e. The Labute approximate surface area is 84.5 Å². The van der Waals surface area contributed by atoms with Gasteiger partial charge in [-0.25, -0.2) is 4.79 Å². The highest BCUT2D eigenvalue weighted by Crippen LogP contribution is 2.19. The molecule has 2 heterocycles. The minimum atomic E-state index is -0.756. The quantitative estimate of drug-likeness (QED) is 0.722. The molecule has 14 heavy (non-hydrogen) atoms. The zero-order valence-electron chi connectivity index (χ0n) is 8.48. The van der Waals surface area contributed by atoms with Gasteiger partial charge in [0.25, 0.3) is 0 Å². The fraction of sp³-hybridized carbons (Fsp3) is 0.900. The molecule has 0 spiro atoms. The molecule has 2 aliphatic rings. The molecule has 1 atom stereocenters. The Bertz CT molecular complexity index is 214. The molecular formula is C10H18N2O2. The third-order valence-corrected chi connectivity index (χ3v) is 3.27. The monoisotopic (exact) mass is 198 g/mol. The lowest BCUT2D eigenvalue weighted by atomic mass is 10.1. The Kier molecular flexibility index (Phi) is 2.91. The normalized spacial score (nSPS) is 28.6. The standard InChI is InChI=1S/C10H18N2O2/c13-10(14)12-6-3-9(8-12)7-11-4-1-2-5-11/h9H,1-8H2,(H,13,14). The fourth-order valence-corrected chi connectivity index (χ4v) is 2.49. The van der Waals surface area contributed by atoms with Crippen LogP contribution in [0.3, 0.4) is 0 Å². The third-order valence-electron chi connectivity index (χ3n) is 3.27. The number of carboxylic acid groups (broad SMARTS) is 1. The molecule has 0 aromatic rings. The zero-order chi connectivity index (χ0) is 9.97. The minimum absolute atomic E-state index is 0.573. The number of carbonyl (C=O) groups is 1. The Hall–Kier alpha value is -0.770. The summed E-state index contributed by atoms with van der Waals surface area (Å²) in [6.07, 6.45) is 2.92. The van der Waals surface area contributed by atoms with Gasteiger partial charge in [-0.3, -0.25) is 0 Å². The number of rotatable bonds is 2. The van der Waals surface area contributed by atoms with E-state index < -0.39 is 6.09 Å². The molecule has 0 saturated carbocycles. The van der Waals surface area contributed by atoms with E-state index in [2.05, 4.69) is 4.90 Å². The Balaban J connectivity index is 1.75. The first kappa shape index (κ1) is 9.77. The highest BCUT2D eigenvalue weighted by molar-refractivity contribution is 5.65. The highest BCUT2D eigenvalue weighted by atomic mass is 16.4. The first-order valence-electron chi connectivity index (χ1n) is 5.46. The molecule has 2 rings (SSSR count). The second kappa shape index (κ2) is 4.17. The maximum absolute atomic E-state index is 10.7. The van der Waals surface area contributed by atoms with Gasteiger partial charge in [0.05, 0.1) is 0 Å². The van der Waals surface area contributed by atoms with Gasteiger partial charge in [0.2, 0.25) is 0 Å². The van der Waals surface area contributed by atoms with Crippen molar-refractivity contribution in [1.82, 2.24) is 9.80 Å². The molecular weight excluding hydrogens is 180 g/mol. The summed E-state index contributed by atoms with van der Waals surface area (Å²) in [7, 11) is 0. The van der Waals surface area contributed by atoms with Gasteiger partial charge in [0, 0.05) is 19.6 Å². The van der Waals surface area contributed by atoms with Crippen LogP contribution in [-0.4, -0.2) is 53.7 Å². The Morgan fingerprint density at radius 2 is 2.00 bits per heavy atom. The van der Waals surface area contributed by atoms with E-state index in [1.165, 1.54) is 25.9 Å². The van der Waals surface area contributed by atoms with E-state index in [4.69, 9.17) is 5.11 Å². The van der Waals surface area contributed by atoms with Gasteiger partial charge in [0.15, 0.2) is 0 Å². The highest BCUT2D eigenvalue weighted by Gasteiger charge is 2.27. The molecule has 1 amide bonds. The molecule has 1 N–H and O–H groups in total. The molecule has 0 aromatic heterocycles. The summed E-state index contributed by atoms with van der Waals surface area (Å²) in [5.74, 6) is 0.573. The summed E-state index contributed by atoms with van der Waals surface area (Å²) >= 11 is 0. The fourth-order valence-electron chi connectivity index (χ4n) is 2.49. The average molecular weight is 198 g/mol. The average Bonchev–Trinajstić information content (AvgIpc) is 2.75. The second-order valence-corrected chi connectivity index (χ2v) is 4.39. The number of hydrogen-bond acceptors (Lipinski definition) is 2. The van der Waals surface area contributed by atoms with E-state index in [0.717, 1.165) is 26.1 Å². The second-order valence-electron chi connectivity index (χ2n) is 4.39. The van der Waals surface area contributed by atoms with Crippen LogP contribution < -0.4 is 0 Å². The lowest BCUT2D eigenvalue weighted by molar-refractivity contribution is 0.152. The molecule has 1 unspecified atom stereocenters. The number of hydrogen-bond donors (Lipinski definition) is 1. The van der Waals surface area contributed by atoms with Gasteiger partial charge < -0.3 is 14.9 Å². The van der Waals surface area contributed by atoms with Crippen molar-refractivity contribution < 1.29 is 9.90 Å². The van der Waals surface area contributed by atoms with Crippen molar-refractivity contribution in [2.45, 2.75) is 19.3 Å². The summed E-state index contributed by atoms with van der Waals surface area (Å²) in [4.78, 5) is 14.7. The summed E-state index contributed by atoms with van der Waals surface area (Å²) in [5.41, 5.74) is 0. The van der Waals surface area contributed by atoms with Crippen LogP contribution in [-0.2, 0) is 0 Å². The number of amides is 1. The Morgan fingerprint density at radius 3 is 2.57 bits per heavy atom. The van der Waals surface area contributed by atoms with Crippen LogP contribution in [0.15, 0.2) is 0 Å². The molecule has 2 fully saturated rings. The molecule has 0 radical (unpaired) electrons. The van der Waals surface area contributed by atoms with Gasteiger partial charge in [-0.05, 0) is 38.3 Å². The molecule has 2 aliphatic heterocycles. The number of nitrogens with zero attached hydrogens (tertiary/aromatic N) is 2. The van der Waals surface area contributed by atoms with Crippen molar-refractivity contribution in [2.75, 3.05) is 32.7 Å². The minimum Gasteiger partial charge on any atom is -0.465 e. The summed E-state index contributed by atoms with van der Waals surface area (Å²) in [6, 6.07) is 0. The first-order chi connectivity index (χ1) is 6.75. The van der Waals surface area contributed by atoms with Crippen LogP contribution in [0.2, 0.25) is 0 Å². The lowest BCUT2D eigenvalue weighted by Gasteiger charge is -2.19. The van der Waals surface area contributed by atoms with Gasteiger partial charge >= 0.3 is 6.09 Å². The van der Waals surface area contributed by atoms with E-state index in [0.29, 0.717) is 5.92 Å². The lowest BCUT2D eigenvalue weighted by Crippen LogP contribution is -2.31. The van der Waals surface area contributed by atoms with Crippen LogP contribution in [0.4, 0.5) is 4.79 Å². The van der Waals surface area contributed by atoms with E-state index >= 15 is 0 Å². The molecule has 0 aliphatic carbocycles.